The van der Waals surface area contributed by atoms with Gasteiger partial charge in [-0.05, 0) is 43.3 Å². The number of benzene rings is 1. The number of para-hydroxylation sites is 2. The smallest absolute Gasteiger partial charge is 0.272 e. The molecule has 0 saturated heterocycles. The molecule has 3 aromatic heterocycles. The van der Waals surface area contributed by atoms with E-state index in [1.807, 2.05) is 78.3 Å². The molecule has 0 bridgehead atoms. The fourth-order valence-electron chi connectivity index (χ4n) is 3.13. The van der Waals surface area contributed by atoms with Crippen LogP contribution in [0.1, 0.15) is 17.5 Å². The minimum absolute atomic E-state index is 0.547. The van der Waals surface area contributed by atoms with E-state index in [-0.39, 0.29) is 0 Å². The molecule has 0 saturated carbocycles. The Morgan fingerprint density at radius 1 is 0.880 bits per heavy atom. The quantitative estimate of drug-likeness (QED) is 0.554. The van der Waals surface area contributed by atoms with Gasteiger partial charge in [0.05, 0.1) is 16.8 Å². The zero-order chi connectivity index (χ0) is 16.8. The van der Waals surface area contributed by atoms with Gasteiger partial charge in [0.1, 0.15) is 5.69 Å². The van der Waals surface area contributed by atoms with Crippen molar-refractivity contribution >= 4 is 5.52 Å². The van der Waals surface area contributed by atoms with E-state index in [1.165, 1.54) is 0 Å². The van der Waals surface area contributed by atoms with Gasteiger partial charge in [0.15, 0.2) is 11.5 Å². The second-order valence-electron chi connectivity index (χ2n) is 5.97. The summed E-state index contributed by atoms with van der Waals surface area (Å²) >= 11 is 0. The van der Waals surface area contributed by atoms with E-state index in [4.69, 9.17) is 14.6 Å². The standard InChI is InChI=1S/C20H15N3O2/c1-13-7-6-8-14(21-13)19-18(15-9-4-5-12-23(15)22-19)20-24-16-10-2-3-11-17(16)25-20/h2-12,20H,1H3. The summed E-state index contributed by atoms with van der Waals surface area (Å²) in [6.45, 7) is 1.97. The molecule has 25 heavy (non-hydrogen) atoms. The summed E-state index contributed by atoms with van der Waals surface area (Å²) in [5, 5.41) is 4.73. The third-order valence-corrected chi connectivity index (χ3v) is 4.26. The van der Waals surface area contributed by atoms with E-state index in [0.717, 1.165) is 39.7 Å². The number of hydrogen-bond donors (Lipinski definition) is 0. The number of rotatable bonds is 2. The molecular weight excluding hydrogens is 314 g/mol. The molecule has 4 heterocycles. The Bertz CT molecular complexity index is 1060. The minimum Gasteiger partial charge on any atom is -0.446 e. The van der Waals surface area contributed by atoms with E-state index in [9.17, 15) is 0 Å². The predicted molar refractivity (Wildman–Crippen MR) is 93.6 cm³/mol. The Labute approximate surface area is 144 Å². The second kappa shape index (κ2) is 5.34. The number of hydrogen-bond acceptors (Lipinski definition) is 4. The largest absolute Gasteiger partial charge is 0.446 e. The van der Waals surface area contributed by atoms with Gasteiger partial charge in [0.25, 0.3) is 6.29 Å². The predicted octanol–water partition coefficient (Wildman–Crippen LogP) is 4.17. The first-order chi connectivity index (χ1) is 12.3. The number of aromatic nitrogens is 3. The van der Waals surface area contributed by atoms with Crippen LogP contribution >= 0.6 is 0 Å². The lowest BCUT2D eigenvalue weighted by Gasteiger charge is -2.11. The van der Waals surface area contributed by atoms with Gasteiger partial charge in [-0.25, -0.2) is 4.52 Å². The van der Waals surface area contributed by atoms with Crippen LogP contribution in [-0.4, -0.2) is 14.6 Å². The zero-order valence-corrected chi connectivity index (χ0v) is 13.6. The van der Waals surface area contributed by atoms with Crippen molar-refractivity contribution in [3.8, 4) is 22.9 Å². The first kappa shape index (κ1) is 14.0. The van der Waals surface area contributed by atoms with Crippen molar-refractivity contribution in [2.24, 2.45) is 0 Å². The summed E-state index contributed by atoms with van der Waals surface area (Å²) in [6, 6.07) is 19.5. The van der Waals surface area contributed by atoms with Crippen LogP contribution in [0.3, 0.4) is 0 Å². The average Bonchev–Trinajstić information content (AvgIpc) is 3.22. The number of pyridine rings is 2. The van der Waals surface area contributed by atoms with E-state index in [2.05, 4.69) is 4.98 Å². The van der Waals surface area contributed by atoms with Crippen LogP contribution in [-0.2, 0) is 0 Å². The second-order valence-corrected chi connectivity index (χ2v) is 5.97. The van der Waals surface area contributed by atoms with Crippen LogP contribution < -0.4 is 9.47 Å². The summed E-state index contributed by atoms with van der Waals surface area (Å²) in [5.41, 5.74) is 4.35. The van der Waals surface area contributed by atoms with Crippen molar-refractivity contribution in [1.82, 2.24) is 14.6 Å². The molecular formula is C20H15N3O2. The highest BCUT2D eigenvalue weighted by Gasteiger charge is 2.32. The normalized spacial score (nSPS) is 13.5. The van der Waals surface area contributed by atoms with Crippen LogP contribution in [0, 0.1) is 6.92 Å². The number of fused-ring (bicyclic) bond motifs is 2. The summed E-state index contributed by atoms with van der Waals surface area (Å²) in [7, 11) is 0. The molecule has 122 valence electrons. The van der Waals surface area contributed by atoms with Crippen LogP contribution in [0.4, 0.5) is 0 Å². The van der Waals surface area contributed by atoms with E-state index in [0.29, 0.717) is 0 Å². The summed E-state index contributed by atoms with van der Waals surface area (Å²) in [6.07, 6.45) is 1.37. The van der Waals surface area contributed by atoms with Crippen molar-refractivity contribution in [1.29, 1.82) is 0 Å². The molecule has 1 aliphatic heterocycles. The third kappa shape index (κ3) is 2.24. The molecule has 0 aliphatic carbocycles. The fraction of sp³-hybridized carbons (Fsp3) is 0.100. The van der Waals surface area contributed by atoms with Gasteiger partial charge in [-0.2, -0.15) is 5.10 Å². The van der Waals surface area contributed by atoms with Gasteiger partial charge in [-0.1, -0.05) is 24.3 Å². The van der Waals surface area contributed by atoms with Crippen molar-refractivity contribution in [3.05, 3.63) is 78.1 Å². The van der Waals surface area contributed by atoms with Crippen molar-refractivity contribution in [2.75, 3.05) is 0 Å². The molecule has 0 unspecified atom stereocenters. The van der Waals surface area contributed by atoms with Crippen LogP contribution in [0.5, 0.6) is 11.5 Å². The Kier molecular flexibility index (Phi) is 3.00. The van der Waals surface area contributed by atoms with Crippen molar-refractivity contribution < 1.29 is 9.47 Å². The summed E-state index contributed by atoms with van der Waals surface area (Å²) < 4.78 is 13.9. The first-order valence-electron chi connectivity index (χ1n) is 8.13. The molecule has 4 aromatic rings. The molecule has 5 rings (SSSR count). The van der Waals surface area contributed by atoms with E-state index in [1.54, 1.807) is 0 Å². The Morgan fingerprint density at radius 2 is 1.64 bits per heavy atom. The molecule has 0 fully saturated rings. The average molecular weight is 329 g/mol. The van der Waals surface area contributed by atoms with Crippen molar-refractivity contribution in [2.45, 2.75) is 13.2 Å². The van der Waals surface area contributed by atoms with Gasteiger partial charge in [-0.15, -0.1) is 0 Å². The number of ether oxygens (including phenoxy) is 2. The molecule has 1 aromatic carbocycles. The highest BCUT2D eigenvalue weighted by molar-refractivity contribution is 5.72. The number of nitrogens with zero attached hydrogens (tertiary/aromatic N) is 3. The molecule has 5 heteroatoms. The lowest BCUT2D eigenvalue weighted by molar-refractivity contribution is 0.0505. The maximum Gasteiger partial charge on any atom is 0.272 e. The van der Waals surface area contributed by atoms with E-state index < -0.39 is 6.29 Å². The first-order valence-corrected chi connectivity index (χ1v) is 8.13. The lowest BCUT2D eigenvalue weighted by Crippen LogP contribution is -2.09. The van der Waals surface area contributed by atoms with Crippen molar-refractivity contribution in [3.63, 3.8) is 0 Å². The van der Waals surface area contributed by atoms with Gasteiger partial charge >= 0.3 is 0 Å². The molecule has 0 radical (unpaired) electrons. The molecule has 0 amide bonds. The molecule has 0 N–H and O–H groups in total. The molecule has 0 atom stereocenters. The van der Waals surface area contributed by atoms with Gasteiger partial charge in [0.2, 0.25) is 0 Å². The zero-order valence-electron chi connectivity index (χ0n) is 13.6. The molecule has 5 nitrogen and oxygen atoms in total. The summed E-state index contributed by atoms with van der Waals surface area (Å²) in [5.74, 6) is 1.48. The van der Waals surface area contributed by atoms with Crippen LogP contribution in [0.2, 0.25) is 0 Å². The third-order valence-electron chi connectivity index (χ3n) is 4.26. The number of aryl methyl sites for hydroxylation is 1. The highest BCUT2D eigenvalue weighted by atomic mass is 16.7. The topological polar surface area (TPSA) is 48.7 Å². The van der Waals surface area contributed by atoms with Gasteiger partial charge in [0, 0.05) is 11.9 Å². The van der Waals surface area contributed by atoms with Gasteiger partial charge < -0.3 is 9.47 Å². The monoisotopic (exact) mass is 329 g/mol. The lowest BCUT2D eigenvalue weighted by atomic mass is 10.1. The minimum atomic E-state index is -0.547. The van der Waals surface area contributed by atoms with Gasteiger partial charge in [-0.3, -0.25) is 4.98 Å². The summed E-state index contributed by atoms with van der Waals surface area (Å²) in [4.78, 5) is 4.63. The Morgan fingerprint density at radius 3 is 2.40 bits per heavy atom. The van der Waals surface area contributed by atoms with E-state index >= 15 is 0 Å². The Balaban J connectivity index is 1.71. The maximum atomic E-state index is 6.05. The van der Waals surface area contributed by atoms with Crippen LogP contribution in [0.25, 0.3) is 16.9 Å². The SMILES string of the molecule is Cc1cccc(-c2nn3ccccc3c2C2Oc3ccccc3O2)n1. The Hall–Kier alpha value is -3.34. The fourth-order valence-corrected chi connectivity index (χ4v) is 3.13. The highest BCUT2D eigenvalue weighted by Crippen LogP contribution is 2.43. The molecule has 0 spiro atoms. The maximum absolute atomic E-state index is 6.05. The molecule has 1 aliphatic rings. The van der Waals surface area contributed by atoms with Crippen LogP contribution in [0.15, 0.2) is 66.9 Å².